The molecule has 3 aromatic heterocycles. The molecule has 4 heterocycles. The topological polar surface area (TPSA) is 105 Å². The van der Waals surface area contributed by atoms with Crippen molar-refractivity contribution in [2.24, 2.45) is 0 Å². The van der Waals surface area contributed by atoms with Crippen molar-refractivity contribution in [2.75, 3.05) is 29.6 Å². The van der Waals surface area contributed by atoms with Crippen molar-refractivity contribution in [2.45, 2.75) is 37.0 Å². The smallest absolute Gasteiger partial charge is 0.225 e. The lowest BCUT2D eigenvalue weighted by molar-refractivity contribution is 0.488. The number of halogens is 1. The third-order valence-corrected chi connectivity index (χ3v) is 7.80. The van der Waals surface area contributed by atoms with Crippen molar-refractivity contribution < 1.29 is 8.42 Å². The Labute approximate surface area is 209 Å². The molecule has 1 aromatic carbocycles. The maximum atomic E-state index is 11.8. The highest BCUT2D eigenvalue weighted by molar-refractivity contribution is 7.90. The lowest BCUT2D eigenvalue weighted by atomic mass is 9.94. The summed E-state index contributed by atoms with van der Waals surface area (Å²) in [5.74, 6) is 1.69. The van der Waals surface area contributed by atoms with E-state index in [0.29, 0.717) is 28.1 Å². The molecule has 0 unspecified atom stereocenters. The predicted octanol–water partition coefficient (Wildman–Crippen LogP) is 4.27. The van der Waals surface area contributed by atoms with Gasteiger partial charge in [0.25, 0.3) is 0 Å². The Kier molecular flexibility index (Phi) is 6.33. The van der Waals surface area contributed by atoms with E-state index in [1.54, 1.807) is 12.3 Å². The number of imidazole rings is 1. The standard InChI is InChI=1S/C24H26ClN7O2S/c1-3-16-13-28-24(29-14-16)31-9-6-17(7-10-31)21-15-27-23-22(26-8-11-32(21)23)30-20-5-4-18(12-19(20)25)35(2,33)34/h4-5,8,11-15,17H,3,6-7,9-10H2,1-2H3,(H,26,30). The van der Waals surface area contributed by atoms with Gasteiger partial charge in [0.2, 0.25) is 5.95 Å². The van der Waals surface area contributed by atoms with Crippen LogP contribution >= 0.6 is 11.6 Å². The van der Waals surface area contributed by atoms with Gasteiger partial charge in [-0.1, -0.05) is 18.5 Å². The second-order valence-electron chi connectivity index (χ2n) is 8.70. The molecule has 0 bridgehead atoms. The highest BCUT2D eigenvalue weighted by Gasteiger charge is 2.25. The largest absolute Gasteiger partial charge is 0.341 e. The molecule has 1 N–H and O–H groups in total. The molecule has 0 amide bonds. The molecule has 5 rings (SSSR count). The van der Waals surface area contributed by atoms with Gasteiger partial charge in [-0.25, -0.2) is 28.4 Å². The number of aryl methyl sites for hydroxylation is 1. The second-order valence-corrected chi connectivity index (χ2v) is 11.1. The minimum Gasteiger partial charge on any atom is -0.341 e. The van der Waals surface area contributed by atoms with Gasteiger partial charge < -0.3 is 10.2 Å². The molecule has 11 heteroatoms. The quantitative estimate of drug-likeness (QED) is 0.409. The van der Waals surface area contributed by atoms with Crippen molar-refractivity contribution >= 4 is 44.5 Å². The summed E-state index contributed by atoms with van der Waals surface area (Å²) in [7, 11) is -3.34. The lowest BCUT2D eigenvalue weighted by Crippen LogP contribution is -2.34. The Balaban J connectivity index is 1.34. The molecular formula is C24H26ClN7O2S. The monoisotopic (exact) mass is 511 g/mol. The molecular weight excluding hydrogens is 486 g/mol. The average Bonchev–Trinajstić information content (AvgIpc) is 3.30. The van der Waals surface area contributed by atoms with E-state index < -0.39 is 9.84 Å². The summed E-state index contributed by atoms with van der Waals surface area (Å²) in [6, 6.07) is 4.59. The Morgan fingerprint density at radius 1 is 1.09 bits per heavy atom. The molecule has 35 heavy (non-hydrogen) atoms. The zero-order chi connectivity index (χ0) is 24.6. The Hall–Kier alpha value is -3.24. The van der Waals surface area contributed by atoms with Gasteiger partial charge in [-0.2, -0.15) is 0 Å². The van der Waals surface area contributed by atoms with Gasteiger partial charge in [-0.3, -0.25) is 4.40 Å². The van der Waals surface area contributed by atoms with Crippen molar-refractivity contribution in [3.8, 4) is 0 Å². The molecule has 0 saturated carbocycles. The van der Waals surface area contributed by atoms with Crippen LogP contribution in [0.15, 0.2) is 54.1 Å². The first-order valence-corrected chi connectivity index (χ1v) is 13.7. The molecule has 1 aliphatic rings. The van der Waals surface area contributed by atoms with E-state index in [9.17, 15) is 8.42 Å². The number of benzene rings is 1. The summed E-state index contributed by atoms with van der Waals surface area (Å²) in [4.78, 5) is 20.5. The van der Waals surface area contributed by atoms with Crippen molar-refractivity contribution in [1.29, 1.82) is 0 Å². The van der Waals surface area contributed by atoms with Gasteiger partial charge in [0.15, 0.2) is 21.3 Å². The molecule has 0 radical (unpaired) electrons. The molecule has 182 valence electrons. The SMILES string of the molecule is CCc1cnc(N2CCC(c3cnc4c(Nc5ccc(S(C)(=O)=O)cc5Cl)nccn34)CC2)nc1. The van der Waals surface area contributed by atoms with Crippen LogP contribution < -0.4 is 10.2 Å². The molecule has 9 nitrogen and oxygen atoms in total. The number of nitrogens with one attached hydrogen (secondary N) is 1. The molecule has 1 saturated heterocycles. The van der Waals surface area contributed by atoms with E-state index in [1.165, 1.54) is 12.1 Å². The summed E-state index contributed by atoms with van der Waals surface area (Å²) in [6.07, 6.45) is 13.4. The molecule has 0 atom stereocenters. The number of aromatic nitrogens is 5. The first-order valence-electron chi connectivity index (χ1n) is 11.5. The minimum absolute atomic E-state index is 0.167. The number of rotatable bonds is 6. The van der Waals surface area contributed by atoms with Crippen LogP contribution in [0.4, 0.5) is 17.5 Å². The van der Waals surface area contributed by atoms with E-state index in [4.69, 9.17) is 11.6 Å². The second kappa shape index (κ2) is 9.43. The summed E-state index contributed by atoms with van der Waals surface area (Å²) < 4.78 is 25.6. The summed E-state index contributed by atoms with van der Waals surface area (Å²) >= 11 is 6.35. The van der Waals surface area contributed by atoms with Gasteiger partial charge in [0, 0.05) is 61.9 Å². The maximum absolute atomic E-state index is 11.8. The lowest BCUT2D eigenvalue weighted by Gasteiger charge is -2.31. The van der Waals surface area contributed by atoms with Crippen LogP contribution in [0.5, 0.6) is 0 Å². The highest BCUT2D eigenvalue weighted by atomic mass is 35.5. The number of sulfone groups is 1. The zero-order valence-electron chi connectivity index (χ0n) is 19.5. The average molecular weight is 512 g/mol. The normalized spacial score (nSPS) is 15.0. The number of fused-ring (bicyclic) bond motifs is 1. The first-order chi connectivity index (χ1) is 16.8. The van der Waals surface area contributed by atoms with Crippen molar-refractivity contribution in [3.63, 3.8) is 0 Å². The van der Waals surface area contributed by atoms with Crippen LogP contribution in [-0.2, 0) is 16.3 Å². The third kappa shape index (κ3) is 4.81. The Bertz CT molecular complexity index is 1460. The number of hydrogen-bond donors (Lipinski definition) is 1. The molecule has 4 aromatic rings. The number of anilines is 3. The van der Waals surface area contributed by atoms with Crippen LogP contribution in [0.25, 0.3) is 5.65 Å². The van der Waals surface area contributed by atoms with Gasteiger partial charge >= 0.3 is 0 Å². The fraction of sp³-hybridized carbons (Fsp3) is 0.333. The van der Waals surface area contributed by atoms with Crippen LogP contribution in [0, 0.1) is 0 Å². The van der Waals surface area contributed by atoms with E-state index in [-0.39, 0.29) is 4.90 Å². The minimum atomic E-state index is -3.34. The molecule has 1 aliphatic heterocycles. The predicted molar refractivity (Wildman–Crippen MR) is 136 cm³/mol. The summed E-state index contributed by atoms with van der Waals surface area (Å²) in [5, 5.41) is 3.50. The van der Waals surface area contributed by atoms with Crippen LogP contribution in [0.2, 0.25) is 5.02 Å². The number of piperidine rings is 1. The van der Waals surface area contributed by atoms with E-state index in [2.05, 4.69) is 41.5 Å². The van der Waals surface area contributed by atoms with Gasteiger partial charge in [-0.15, -0.1) is 0 Å². The molecule has 0 aliphatic carbocycles. The fourth-order valence-electron chi connectivity index (χ4n) is 4.35. The highest BCUT2D eigenvalue weighted by Crippen LogP contribution is 2.32. The van der Waals surface area contributed by atoms with Crippen LogP contribution in [0.3, 0.4) is 0 Å². The molecule has 0 spiro atoms. The van der Waals surface area contributed by atoms with E-state index >= 15 is 0 Å². The van der Waals surface area contributed by atoms with Gasteiger partial charge in [0.1, 0.15) is 0 Å². The van der Waals surface area contributed by atoms with Crippen LogP contribution in [0.1, 0.15) is 36.9 Å². The molecule has 1 fully saturated rings. The summed E-state index contributed by atoms with van der Waals surface area (Å²) in [5.41, 5.74) is 3.52. The van der Waals surface area contributed by atoms with Crippen molar-refractivity contribution in [3.05, 3.63) is 65.5 Å². The first kappa shape index (κ1) is 23.5. The zero-order valence-corrected chi connectivity index (χ0v) is 21.1. The summed E-state index contributed by atoms with van der Waals surface area (Å²) in [6.45, 7) is 3.85. The Morgan fingerprint density at radius 3 is 2.49 bits per heavy atom. The Morgan fingerprint density at radius 2 is 1.83 bits per heavy atom. The third-order valence-electron chi connectivity index (χ3n) is 6.37. The number of hydrogen-bond acceptors (Lipinski definition) is 8. The van der Waals surface area contributed by atoms with E-state index in [0.717, 1.165) is 55.8 Å². The van der Waals surface area contributed by atoms with Crippen molar-refractivity contribution in [1.82, 2.24) is 24.3 Å². The van der Waals surface area contributed by atoms with Gasteiger partial charge in [-0.05, 0) is 43.0 Å². The maximum Gasteiger partial charge on any atom is 0.225 e. The van der Waals surface area contributed by atoms with Gasteiger partial charge in [0.05, 0.1) is 15.6 Å². The van der Waals surface area contributed by atoms with E-state index in [1.807, 2.05) is 24.8 Å². The number of nitrogens with zero attached hydrogens (tertiary/aromatic N) is 6. The fourth-order valence-corrected chi connectivity index (χ4v) is 5.29. The van der Waals surface area contributed by atoms with Crippen LogP contribution in [-0.4, -0.2) is 52.1 Å².